The molecule has 5 nitrogen and oxygen atoms in total. The summed E-state index contributed by atoms with van der Waals surface area (Å²) in [7, 11) is -3.18. The van der Waals surface area contributed by atoms with E-state index in [4.69, 9.17) is 4.74 Å². The molecule has 0 N–H and O–H groups in total. The number of hydrogen-bond donors (Lipinski definition) is 0. The van der Waals surface area contributed by atoms with Gasteiger partial charge in [0.2, 0.25) is 10.0 Å². The van der Waals surface area contributed by atoms with Crippen molar-refractivity contribution in [1.29, 1.82) is 0 Å². The Morgan fingerprint density at radius 1 is 1.50 bits per heavy atom. The molecule has 22 heavy (non-hydrogen) atoms. The van der Waals surface area contributed by atoms with Crippen molar-refractivity contribution in [3.8, 4) is 5.88 Å². The van der Waals surface area contributed by atoms with Crippen molar-refractivity contribution in [1.82, 2.24) is 9.29 Å². The second-order valence-electron chi connectivity index (χ2n) is 6.09. The molecule has 0 aromatic carbocycles. The predicted octanol–water partition coefficient (Wildman–Crippen LogP) is 1.90. The molecule has 0 saturated carbocycles. The summed E-state index contributed by atoms with van der Waals surface area (Å²) in [5.41, 5.74) is 0. The Morgan fingerprint density at radius 2 is 2.23 bits per heavy atom. The van der Waals surface area contributed by atoms with Crippen molar-refractivity contribution in [2.45, 2.75) is 36.4 Å². The first kappa shape index (κ1) is 16.0. The van der Waals surface area contributed by atoms with Crippen LogP contribution in [0.3, 0.4) is 0 Å². The average molecular weight is 346 g/mol. The summed E-state index contributed by atoms with van der Waals surface area (Å²) in [6, 6.07) is 2.84. The van der Waals surface area contributed by atoms with Gasteiger partial charge in [-0.05, 0) is 26.0 Å². The number of ether oxygens (including phenoxy) is 1. The maximum atomic E-state index is 13.6. The lowest BCUT2D eigenvalue weighted by atomic mass is 9.95. The van der Waals surface area contributed by atoms with Gasteiger partial charge in [0, 0.05) is 36.2 Å². The number of rotatable bonds is 4. The zero-order valence-corrected chi connectivity index (χ0v) is 14.2. The molecular formula is C14H19FN2O3S2. The zero-order valence-electron chi connectivity index (χ0n) is 12.5. The fraction of sp³-hybridized carbons (Fsp3) is 0.643. The minimum absolute atomic E-state index is 0.0242. The number of nitrogens with zero attached hydrogens (tertiary/aromatic N) is 2. The highest BCUT2D eigenvalue weighted by Gasteiger charge is 2.53. The van der Waals surface area contributed by atoms with Crippen LogP contribution < -0.4 is 4.74 Å². The fourth-order valence-corrected chi connectivity index (χ4v) is 5.93. The van der Waals surface area contributed by atoms with Crippen LogP contribution in [0.15, 0.2) is 18.3 Å². The third-order valence-corrected chi connectivity index (χ3v) is 7.81. The molecule has 8 heteroatoms. The monoisotopic (exact) mass is 346 g/mol. The Kier molecular flexibility index (Phi) is 4.11. The normalized spacial score (nSPS) is 24.6. The van der Waals surface area contributed by atoms with E-state index in [1.165, 1.54) is 22.6 Å². The minimum Gasteiger partial charge on any atom is -0.471 e. The van der Waals surface area contributed by atoms with Crippen molar-refractivity contribution >= 4 is 21.8 Å². The topological polar surface area (TPSA) is 59.5 Å². The van der Waals surface area contributed by atoms with Gasteiger partial charge in [0.25, 0.3) is 5.88 Å². The number of thioether (sulfide) groups is 1. The van der Waals surface area contributed by atoms with Crippen LogP contribution in [0.1, 0.15) is 20.3 Å². The van der Waals surface area contributed by atoms with Gasteiger partial charge < -0.3 is 4.74 Å². The van der Waals surface area contributed by atoms with Crippen LogP contribution >= 0.6 is 11.8 Å². The number of pyridine rings is 1. The van der Waals surface area contributed by atoms with Crippen LogP contribution in [0, 0.1) is 5.82 Å². The first-order valence-corrected chi connectivity index (χ1v) is 9.71. The third kappa shape index (κ3) is 2.83. The van der Waals surface area contributed by atoms with Crippen molar-refractivity contribution in [2.75, 3.05) is 18.8 Å². The van der Waals surface area contributed by atoms with E-state index in [1.807, 2.05) is 0 Å². The summed E-state index contributed by atoms with van der Waals surface area (Å²) < 4.78 is 44.8. The van der Waals surface area contributed by atoms with Crippen LogP contribution in [0.5, 0.6) is 5.88 Å². The van der Waals surface area contributed by atoms with E-state index in [1.54, 1.807) is 25.6 Å². The van der Waals surface area contributed by atoms with E-state index in [-0.39, 0.29) is 16.7 Å². The average Bonchev–Trinajstić information content (AvgIpc) is 2.84. The molecule has 1 atom stereocenters. The summed E-state index contributed by atoms with van der Waals surface area (Å²) in [4.78, 5) is 3.90. The smallest absolute Gasteiger partial charge is 0.250 e. The Hall–Kier alpha value is -0.860. The SMILES string of the molecule is CC(C)S(=O)(=O)N1CC2(CC(Oc3ncccc3F)CS2)C1. The lowest BCUT2D eigenvalue weighted by Crippen LogP contribution is -2.61. The maximum absolute atomic E-state index is 13.6. The van der Waals surface area contributed by atoms with Crippen LogP contribution in [-0.4, -0.2) is 52.7 Å². The van der Waals surface area contributed by atoms with Crippen molar-refractivity contribution < 1.29 is 17.5 Å². The van der Waals surface area contributed by atoms with E-state index in [0.717, 1.165) is 12.2 Å². The third-order valence-electron chi connectivity index (χ3n) is 4.06. The van der Waals surface area contributed by atoms with Gasteiger partial charge in [0.15, 0.2) is 5.82 Å². The van der Waals surface area contributed by atoms with Crippen LogP contribution in [-0.2, 0) is 10.0 Å². The molecule has 0 amide bonds. The highest BCUT2D eigenvalue weighted by atomic mass is 32.2. The highest BCUT2D eigenvalue weighted by Crippen LogP contribution is 2.47. The van der Waals surface area contributed by atoms with E-state index in [9.17, 15) is 12.8 Å². The van der Waals surface area contributed by atoms with Crippen molar-refractivity contribution in [3.63, 3.8) is 0 Å². The Morgan fingerprint density at radius 3 is 2.86 bits per heavy atom. The number of aromatic nitrogens is 1. The predicted molar refractivity (Wildman–Crippen MR) is 84.0 cm³/mol. The standard InChI is InChI=1S/C14H19FN2O3S2/c1-10(2)22(18,19)17-8-14(9-17)6-11(7-21-14)20-13-12(15)4-3-5-16-13/h3-5,10-11H,6-9H2,1-2H3. The summed E-state index contributed by atoms with van der Waals surface area (Å²) in [5.74, 6) is 0.285. The van der Waals surface area contributed by atoms with Gasteiger partial charge in [-0.2, -0.15) is 4.31 Å². The van der Waals surface area contributed by atoms with Crippen LogP contribution in [0.4, 0.5) is 4.39 Å². The molecule has 1 aromatic rings. The molecular weight excluding hydrogens is 327 g/mol. The van der Waals surface area contributed by atoms with Gasteiger partial charge in [0.1, 0.15) is 6.10 Å². The quantitative estimate of drug-likeness (QED) is 0.833. The minimum atomic E-state index is -3.18. The molecule has 1 spiro atoms. The molecule has 0 bridgehead atoms. The summed E-state index contributed by atoms with van der Waals surface area (Å²) in [6.07, 6.45) is 2.09. The summed E-state index contributed by atoms with van der Waals surface area (Å²) in [6.45, 7) is 4.42. The maximum Gasteiger partial charge on any atom is 0.250 e. The lowest BCUT2D eigenvalue weighted by Gasteiger charge is -2.46. The van der Waals surface area contributed by atoms with Gasteiger partial charge in [-0.25, -0.2) is 17.8 Å². The first-order chi connectivity index (χ1) is 10.3. The van der Waals surface area contributed by atoms with Gasteiger partial charge in [-0.3, -0.25) is 0 Å². The second kappa shape index (κ2) is 5.65. The van der Waals surface area contributed by atoms with Gasteiger partial charge >= 0.3 is 0 Å². The van der Waals surface area contributed by atoms with Crippen molar-refractivity contribution in [2.24, 2.45) is 0 Å². The number of halogens is 1. The molecule has 1 unspecified atom stereocenters. The van der Waals surface area contributed by atoms with Crippen LogP contribution in [0.2, 0.25) is 0 Å². The van der Waals surface area contributed by atoms with Gasteiger partial charge in [-0.1, -0.05) is 0 Å². The number of sulfonamides is 1. The molecule has 2 aliphatic rings. The molecule has 2 saturated heterocycles. The zero-order chi connectivity index (χ0) is 16.0. The molecule has 2 fully saturated rings. The summed E-state index contributed by atoms with van der Waals surface area (Å²) in [5, 5.41) is -0.397. The Bertz CT molecular complexity index is 660. The molecule has 0 aliphatic carbocycles. The van der Waals surface area contributed by atoms with E-state index in [0.29, 0.717) is 13.1 Å². The van der Waals surface area contributed by atoms with Crippen molar-refractivity contribution in [3.05, 3.63) is 24.1 Å². The summed E-state index contributed by atoms with van der Waals surface area (Å²) >= 11 is 1.71. The fourth-order valence-electron chi connectivity index (χ4n) is 2.79. The van der Waals surface area contributed by atoms with E-state index in [2.05, 4.69) is 4.98 Å². The Labute approximate surface area is 134 Å². The largest absolute Gasteiger partial charge is 0.471 e. The lowest BCUT2D eigenvalue weighted by molar-refractivity contribution is 0.150. The molecule has 1 aromatic heterocycles. The Balaban J connectivity index is 1.59. The molecule has 2 aliphatic heterocycles. The van der Waals surface area contributed by atoms with Gasteiger partial charge in [-0.15, -0.1) is 11.8 Å². The van der Waals surface area contributed by atoms with E-state index < -0.39 is 21.1 Å². The molecule has 3 rings (SSSR count). The van der Waals surface area contributed by atoms with E-state index >= 15 is 0 Å². The molecule has 0 radical (unpaired) electrons. The second-order valence-corrected chi connectivity index (χ2v) is 10.1. The first-order valence-electron chi connectivity index (χ1n) is 7.22. The highest BCUT2D eigenvalue weighted by molar-refractivity contribution is 8.01. The molecule has 3 heterocycles. The van der Waals surface area contributed by atoms with Gasteiger partial charge in [0.05, 0.1) is 5.25 Å². The molecule has 122 valence electrons. The van der Waals surface area contributed by atoms with Crippen LogP contribution in [0.25, 0.3) is 0 Å². The number of hydrogen-bond acceptors (Lipinski definition) is 5.